The van der Waals surface area contributed by atoms with E-state index in [0.29, 0.717) is 0 Å². The first-order chi connectivity index (χ1) is 9.24. The lowest BCUT2D eigenvalue weighted by atomic mass is 10.1. The molecule has 1 amide bonds. The van der Waals surface area contributed by atoms with E-state index in [-0.39, 0.29) is 18.0 Å². The van der Waals surface area contributed by atoms with Gasteiger partial charge in [-0.25, -0.2) is 0 Å². The highest BCUT2D eigenvalue weighted by atomic mass is 16.2. The minimum atomic E-state index is -0.188. The predicted octanol–water partition coefficient (Wildman–Crippen LogP) is 1.62. The average molecular weight is 256 g/mol. The van der Waals surface area contributed by atoms with Crippen molar-refractivity contribution in [3.63, 3.8) is 0 Å². The van der Waals surface area contributed by atoms with Crippen LogP contribution in [0.5, 0.6) is 0 Å². The minimum Gasteiger partial charge on any atom is -0.373 e. The van der Waals surface area contributed by atoms with Crippen molar-refractivity contribution in [2.75, 3.05) is 5.32 Å². The Morgan fingerprint density at radius 1 is 1.47 bits per heavy atom. The van der Waals surface area contributed by atoms with Crippen LogP contribution in [0.4, 0.5) is 5.69 Å². The van der Waals surface area contributed by atoms with Crippen molar-refractivity contribution in [1.82, 2.24) is 15.5 Å². The number of H-pyrrole nitrogens is 1. The number of amides is 1. The summed E-state index contributed by atoms with van der Waals surface area (Å²) in [5.41, 5.74) is 3.22. The lowest BCUT2D eigenvalue weighted by Crippen LogP contribution is -2.39. The number of hydrogen-bond donors (Lipinski definition) is 3. The molecule has 0 saturated carbocycles. The van der Waals surface area contributed by atoms with E-state index in [9.17, 15) is 4.79 Å². The Kier molecular flexibility index (Phi) is 2.95. The van der Waals surface area contributed by atoms with Crippen LogP contribution in [0.25, 0.3) is 0 Å². The molecule has 5 heteroatoms. The van der Waals surface area contributed by atoms with Crippen molar-refractivity contribution in [3.05, 3.63) is 47.8 Å². The number of benzene rings is 1. The van der Waals surface area contributed by atoms with Gasteiger partial charge >= 0.3 is 0 Å². The van der Waals surface area contributed by atoms with E-state index < -0.39 is 0 Å². The molecule has 0 spiro atoms. The van der Waals surface area contributed by atoms with Crippen LogP contribution < -0.4 is 10.6 Å². The van der Waals surface area contributed by atoms with Crippen LogP contribution in [0.3, 0.4) is 0 Å². The number of anilines is 1. The summed E-state index contributed by atoms with van der Waals surface area (Å²) < 4.78 is 0. The molecule has 5 nitrogen and oxygen atoms in total. The number of fused-ring (bicyclic) bond motifs is 1. The van der Waals surface area contributed by atoms with E-state index >= 15 is 0 Å². The number of rotatable bonds is 3. The summed E-state index contributed by atoms with van der Waals surface area (Å²) in [6, 6.07) is 7.79. The smallest absolute Gasteiger partial charge is 0.243 e. The first-order valence-corrected chi connectivity index (χ1v) is 6.37. The molecule has 2 atom stereocenters. The molecule has 19 heavy (non-hydrogen) atoms. The van der Waals surface area contributed by atoms with Crippen LogP contribution in [0.2, 0.25) is 0 Å². The van der Waals surface area contributed by atoms with Crippen LogP contribution in [0.15, 0.2) is 36.7 Å². The lowest BCUT2D eigenvalue weighted by Gasteiger charge is -2.16. The molecule has 0 radical (unpaired) electrons. The van der Waals surface area contributed by atoms with Crippen LogP contribution in [-0.2, 0) is 11.2 Å². The van der Waals surface area contributed by atoms with E-state index in [2.05, 4.69) is 26.9 Å². The third-order valence-corrected chi connectivity index (χ3v) is 3.47. The summed E-state index contributed by atoms with van der Waals surface area (Å²) in [5.74, 6) is 0.0184. The first kappa shape index (κ1) is 11.8. The van der Waals surface area contributed by atoms with E-state index in [4.69, 9.17) is 0 Å². The van der Waals surface area contributed by atoms with E-state index in [1.165, 1.54) is 5.56 Å². The van der Waals surface area contributed by atoms with Crippen molar-refractivity contribution < 1.29 is 4.79 Å². The maximum Gasteiger partial charge on any atom is 0.243 e. The minimum absolute atomic E-state index is 0.0184. The summed E-state index contributed by atoms with van der Waals surface area (Å²) in [4.78, 5) is 12.2. The fourth-order valence-corrected chi connectivity index (χ4v) is 2.35. The van der Waals surface area contributed by atoms with Crippen molar-refractivity contribution >= 4 is 11.6 Å². The Balaban J connectivity index is 1.64. The molecule has 0 saturated heterocycles. The van der Waals surface area contributed by atoms with Crippen molar-refractivity contribution in [3.8, 4) is 0 Å². The van der Waals surface area contributed by atoms with Crippen LogP contribution >= 0.6 is 0 Å². The molecule has 1 aliphatic heterocycles. The van der Waals surface area contributed by atoms with E-state index in [1.54, 1.807) is 12.4 Å². The van der Waals surface area contributed by atoms with Crippen LogP contribution in [0, 0.1) is 0 Å². The monoisotopic (exact) mass is 256 g/mol. The molecule has 2 aromatic rings. The molecule has 0 bridgehead atoms. The Morgan fingerprint density at radius 2 is 2.32 bits per heavy atom. The Hall–Kier alpha value is -2.30. The van der Waals surface area contributed by atoms with Crippen LogP contribution in [-0.4, -0.2) is 22.1 Å². The third kappa shape index (κ3) is 2.31. The summed E-state index contributed by atoms with van der Waals surface area (Å²) in [6.45, 7) is 1.95. The predicted molar refractivity (Wildman–Crippen MR) is 72.7 cm³/mol. The molecule has 1 aromatic heterocycles. The highest BCUT2D eigenvalue weighted by Crippen LogP contribution is 2.25. The molecule has 3 rings (SSSR count). The first-order valence-electron chi connectivity index (χ1n) is 6.37. The van der Waals surface area contributed by atoms with Gasteiger partial charge in [0.25, 0.3) is 0 Å². The standard InChI is InChI=1S/C14H16N4O/c1-9(11-7-15-16-8-11)17-14(19)13-6-10-4-2-3-5-12(10)18-13/h2-5,7-9,13,18H,6H2,1H3,(H,15,16)(H,17,19). The highest BCUT2D eigenvalue weighted by Gasteiger charge is 2.27. The van der Waals surface area contributed by atoms with Gasteiger partial charge in [-0.05, 0) is 18.6 Å². The van der Waals surface area contributed by atoms with Gasteiger partial charge in [-0.2, -0.15) is 5.10 Å². The fourth-order valence-electron chi connectivity index (χ4n) is 2.35. The second-order valence-corrected chi connectivity index (χ2v) is 4.82. The zero-order valence-corrected chi connectivity index (χ0v) is 10.7. The molecule has 0 fully saturated rings. The second kappa shape index (κ2) is 4.76. The summed E-state index contributed by atoms with van der Waals surface area (Å²) in [5, 5.41) is 12.9. The fraction of sp³-hybridized carbons (Fsp3) is 0.286. The number of nitrogens with zero attached hydrogens (tertiary/aromatic N) is 1. The van der Waals surface area contributed by atoms with Crippen LogP contribution in [0.1, 0.15) is 24.1 Å². The van der Waals surface area contributed by atoms with Gasteiger partial charge in [0.15, 0.2) is 0 Å². The number of aromatic nitrogens is 2. The Morgan fingerprint density at radius 3 is 3.05 bits per heavy atom. The van der Waals surface area contributed by atoms with Gasteiger partial charge < -0.3 is 10.6 Å². The van der Waals surface area contributed by atoms with Gasteiger partial charge in [-0.15, -0.1) is 0 Å². The molecular formula is C14H16N4O. The van der Waals surface area contributed by atoms with Gasteiger partial charge in [-0.3, -0.25) is 9.89 Å². The van der Waals surface area contributed by atoms with Crippen molar-refractivity contribution in [1.29, 1.82) is 0 Å². The topological polar surface area (TPSA) is 69.8 Å². The largest absolute Gasteiger partial charge is 0.373 e. The molecule has 0 aliphatic carbocycles. The zero-order chi connectivity index (χ0) is 13.2. The highest BCUT2D eigenvalue weighted by molar-refractivity contribution is 5.87. The number of aromatic amines is 1. The molecule has 3 N–H and O–H groups in total. The number of hydrogen-bond acceptors (Lipinski definition) is 3. The van der Waals surface area contributed by atoms with Gasteiger partial charge in [0.1, 0.15) is 6.04 Å². The Bertz CT molecular complexity index is 554. The number of carbonyl (C=O) groups is 1. The van der Waals surface area contributed by atoms with Gasteiger partial charge in [0.05, 0.1) is 12.2 Å². The van der Waals surface area contributed by atoms with Gasteiger partial charge in [-0.1, -0.05) is 18.2 Å². The lowest BCUT2D eigenvalue weighted by molar-refractivity contribution is -0.122. The molecule has 1 aliphatic rings. The molecule has 2 heterocycles. The number of para-hydroxylation sites is 1. The average Bonchev–Trinajstić information content (AvgIpc) is 3.07. The van der Waals surface area contributed by atoms with Gasteiger partial charge in [0, 0.05) is 23.9 Å². The van der Waals surface area contributed by atoms with Crippen molar-refractivity contribution in [2.45, 2.75) is 25.4 Å². The summed E-state index contributed by atoms with van der Waals surface area (Å²) in [6.07, 6.45) is 4.25. The molecule has 1 aromatic carbocycles. The van der Waals surface area contributed by atoms with Gasteiger partial charge in [0.2, 0.25) is 5.91 Å². The van der Waals surface area contributed by atoms with Crippen molar-refractivity contribution in [2.24, 2.45) is 0 Å². The SMILES string of the molecule is CC(NC(=O)C1Cc2ccccc2N1)c1cn[nH]c1. The number of carbonyl (C=O) groups excluding carboxylic acids is 1. The quantitative estimate of drug-likeness (QED) is 0.781. The maximum absolute atomic E-state index is 12.2. The zero-order valence-electron chi connectivity index (χ0n) is 10.7. The summed E-state index contributed by atoms with van der Waals surface area (Å²) >= 11 is 0. The molecule has 98 valence electrons. The maximum atomic E-state index is 12.2. The van der Waals surface area contributed by atoms with E-state index in [1.807, 2.05) is 25.1 Å². The number of nitrogens with one attached hydrogen (secondary N) is 3. The van der Waals surface area contributed by atoms with E-state index in [0.717, 1.165) is 17.7 Å². The third-order valence-electron chi connectivity index (χ3n) is 3.47. The Labute approximate surface area is 111 Å². The normalized spacial score (nSPS) is 18.5. The second-order valence-electron chi connectivity index (χ2n) is 4.82. The summed E-state index contributed by atoms with van der Waals surface area (Å²) in [7, 11) is 0. The molecular weight excluding hydrogens is 240 g/mol. The molecule has 2 unspecified atom stereocenters.